The van der Waals surface area contributed by atoms with Gasteiger partial charge in [-0.2, -0.15) is 0 Å². The van der Waals surface area contributed by atoms with Gasteiger partial charge in [0.1, 0.15) is 0 Å². The van der Waals surface area contributed by atoms with Gasteiger partial charge in [-0.15, -0.1) is 0 Å². The minimum Gasteiger partial charge on any atom is -0.346 e. The molecule has 2 aromatic rings. The van der Waals surface area contributed by atoms with Crippen LogP contribution in [0.1, 0.15) is 42.7 Å². The van der Waals surface area contributed by atoms with Crippen molar-refractivity contribution in [3.05, 3.63) is 65.7 Å². The van der Waals surface area contributed by atoms with E-state index in [0.717, 1.165) is 5.56 Å². The molecule has 0 radical (unpaired) electrons. The van der Waals surface area contributed by atoms with E-state index in [0.29, 0.717) is 5.56 Å². The van der Waals surface area contributed by atoms with E-state index >= 15 is 0 Å². The molecule has 0 spiro atoms. The van der Waals surface area contributed by atoms with E-state index in [-0.39, 0.29) is 22.9 Å². The highest BCUT2D eigenvalue weighted by Gasteiger charge is 2.18. The summed E-state index contributed by atoms with van der Waals surface area (Å²) in [4.78, 5) is 12.5. The van der Waals surface area contributed by atoms with Crippen LogP contribution in [0.2, 0.25) is 0 Å². The first kappa shape index (κ1) is 18.2. The molecule has 0 aromatic heterocycles. The smallest absolute Gasteiger partial charge is 0.251 e. The zero-order valence-corrected chi connectivity index (χ0v) is 14.8. The number of benzene rings is 2. The van der Waals surface area contributed by atoms with Crippen LogP contribution in [0, 0.1) is 0 Å². The van der Waals surface area contributed by atoms with Gasteiger partial charge in [-0.1, -0.05) is 36.4 Å². The van der Waals surface area contributed by atoms with Gasteiger partial charge >= 0.3 is 0 Å². The maximum atomic E-state index is 12.4. The first-order chi connectivity index (χ1) is 11.3. The summed E-state index contributed by atoms with van der Waals surface area (Å²) in [6.07, 6.45) is 0. The van der Waals surface area contributed by atoms with Crippen molar-refractivity contribution in [2.45, 2.75) is 37.8 Å². The largest absolute Gasteiger partial charge is 0.346 e. The van der Waals surface area contributed by atoms with E-state index < -0.39 is 10.0 Å². The normalized spacial score (nSPS) is 12.8. The molecule has 1 atom stereocenters. The van der Waals surface area contributed by atoms with Crippen LogP contribution in [0.4, 0.5) is 0 Å². The van der Waals surface area contributed by atoms with Crippen LogP contribution < -0.4 is 10.0 Å². The summed E-state index contributed by atoms with van der Waals surface area (Å²) in [6.45, 7) is 5.37. The van der Waals surface area contributed by atoms with Gasteiger partial charge in [0.25, 0.3) is 5.91 Å². The Labute approximate surface area is 143 Å². The fourth-order valence-corrected chi connectivity index (χ4v) is 3.58. The van der Waals surface area contributed by atoms with Gasteiger partial charge in [0, 0.05) is 11.6 Å². The zero-order chi connectivity index (χ0) is 17.7. The molecule has 0 aliphatic heterocycles. The quantitative estimate of drug-likeness (QED) is 0.844. The molecule has 2 N–H and O–H groups in total. The van der Waals surface area contributed by atoms with Gasteiger partial charge in [0.15, 0.2) is 0 Å². The predicted octanol–water partition coefficient (Wildman–Crippen LogP) is 2.86. The van der Waals surface area contributed by atoms with Crippen molar-refractivity contribution >= 4 is 15.9 Å². The standard InChI is InChI=1S/C18H22N2O3S/c1-13(2)20-24(22,23)17-11-7-10-16(12-17)18(21)19-14(3)15-8-5-4-6-9-15/h4-14,20H,1-3H3,(H,19,21). The van der Waals surface area contributed by atoms with Crippen LogP contribution in [-0.4, -0.2) is 20.4 Å². The summed E-state index contributed by atoms with van der Waals surface area (Å²) in [6, 6.07) is 15.2. The number of nitrogens with one attached hydrogen (secondary N) is 2. The fourth-order valence-electron chi connectivity index (χ4n) is 2.29. The van der Waals surface area contributed by atoms with E-state index in [1.165, 1.54) is 12.1 Å². The van der Waals surface area contributed by atoms with Gasteiger partial charge in [0.05, 0.1) is 10.9 Å². The Bertz CT molecular complexity index is 802. The van der Waals surface area contributed by atoms with Crippen LogP contribution >= 0.6 is 0 Å². The lowest BCUT2D eigenvalue weighted by atomic mass is 10.1. The minimum absolute atomic E-state index is 0.0798. The van der Waals surface area contributed by atoms with Gasteiger partial charge in [-0.05, 0) is 44.5 Å². The lowest BCUT2D eigenvalue weighted by molar-refractivity contribution is 0.0939. The number of rotatable bonds is 6. The fraction of sp³-hybridized carbons (Fsp3) is 0.278. The molecule has 128 valence electrons. The number of carbonyl (C=O) groups excluding carboxylic acids is 1. The molecular formula is C18H22N2O3S. The molecule has 0 aliphatic rings. The molecule has 6 heteroatoms. The highest BCUT2D eigenvalue weighted by Crippen LogP contribution is 2.15. The maximum Gasteiger partial charge on any atom is 0.251 e. The van der Waals surface area contributed by atoms with Gasteiger partial charge in [0.2, 0.25) is 10.0 Å². The van der Waals surface area contributed by atoms with Crippen LogP contribution in [0.25, 0.3) is 0 Å². The summed E-state index contributed by atoms with van der Waals surface area (Å²) in [5.41, 5.74) is 1.29. The molecule has 2 rings (SSSR count). The molecule has 0 heterocycles. The Balaban J connectivity index is 2.18. The Morgan fingerprint density at radius 3 is 2.25 bits per heavy atom. The third kappa shape index (κ3) is 4.66. The molecule has 0 bridgehead atoms. The van der Waals surface area contributed by atoms with Crippen molar-refractivity contribution in [2.24, 2.45) is 0 Å². The lowest BCUT2D eigenvalue weighted by Gasteiger charge is -2.15. The summed E-state index contributed by atoms with van der Waals surface area (Å²) >= 11 is 0. The zero-order valence-electron chi connectivity index (χ0n) is 14.0. The summed E-state index contributed by atoms with van der Waals surface area (Å²) in [5, 5.41) is 2.88. The van der Waals surface area contributed by atoms with Gasteiger partial charge < -0.3 is 5.32 Å². The average Bonchev–Trinajstić information content (AvgIpc) is 2.54. The highest BCUT2D eigenvalue weighted by atomic mass is 32.2. The maximum absolute atomic E-state index is 12.4. The molecule has 1 unspecified atom stereocenters. The molecule has 24 heavy (non-hydrogen) atoms. The Hall–Kier alpha value is -2.18. The predicted molar refractivity (Wildman–Crippen MR) is 94.2 cm³/mol. The monoisotopic (exact) mass is 346 g/mol. The molecule has 1 amide bonds. The summed E-state index contributed by atoms with van der Waals surface area (Å²) < 4.78 is 26.9. The van der Waals surface area contributed by atoms with Crippen LogP contribution in [0.3, 0.4) is 0 Å². The van der Waals surface area contributed by atoms with Crippen molar-refractivity contribution in [1.29, 1.82) is 0 Å². The van der Waals surface area contributed by atoms with Crippen molar-refractivity contribution in [1.82, 2.24) is 10.0 Å². The molecule has 0 saturated carbocycles. The number of hydrogen-bond acceptors (Lipinski definition) is 3. The molecule has 5 nitrogen and oxygen atoms in total. The Morgan fingerprint density at radius 1 is 0.958 bits per heavy atom. The number of sulfonamides is 1. The SMILES string of the molecule is CC(C)NS(=O)(=O)c1cccc(C(=O)NC(C)c2ccccc2)c1. The van der Waals surface area contributed by atoms with Crippen LogP contribution in [0.15, 0.2) is 59.5 Å². The summed E-state index contributed by atoms with van der Waals surface area (Å²) in [5.74, 6) is -0.312. The number of carbonyl (C=O) groups is 1. The Kier molecular flexibility index (Phi) is 5.75. The van der Waals surface area contributed by atoms with E-state index in [4.69, 9.17) is 0 Å². The van der Waals surface area contributed by atoms with Crippen LogP contribution in [-0.2, 0) is 10.0 Å². The second-order valence-corrected chi connectivity index (χ2v) is 7.62. The molecular weight excluding hydrogens is 324 g/mol. The second-order valence-electron chi connectivity index (χ2n) is 5.91. The minimum atomic E-state index is -3.63. The first-order valence-electron chi connectivity index (χ1n) is 7.78. The molecule has 2 aromatic carbocycles. The van der Waals surface area contributed by atoms with Crippen molar-refractivity contribution < 1.29 is 13.2 Å². The van der Waals surface area contributed by atoms with E-state index in [1.807, 2.05) is 37.3 Å². The first-order valence-corrected chi connectivity index (χ1v) is 9.26. The summed E-state index contributed by atoms with van der Waals surface area (Å²) in [7, 11) is -3.63. The van der Waals surface area contributed by atoms with Crippen molar-refractivity contribution in [2.75, 3.05) is 0 Å². The van der Waals surface area contributed by atoms with Crippen molar-refractivity contribution in [3.63, 3.8) is 0 Å². The highest BCUT2D eigenvalue weighted by molar-refractivity contribution is 7.89. The third-order valence-corrected chi connectivity index (χ3v) is 5.10. The van der Waals surface area contributed by atoms with E-state index in [9.17, 15) is 13.2 Å². The lowest BCUT2D eigenvalue weighted by Crippen LogP contribution is -2.31. The third-order valence-electron chi connectivity index (χ3n) is 3.44. The average molecular weight is 346 g/mol. The number of hydrogen-bond donors (Lipinski definition) is 2. The van der Waals surface area contributed by atoms with E-state index in [2.05, 4.69) is 10.0 Å². The number of amides is 1. The Morgan fingerprint density at radius 2 is 1.62 bits per heavy atom. The van der Waals surface area contributed by atoms with Crippen molar-refractivity contribution in [3.8, 4) is 0 Å². The molecule has 0 aliphatic carbocycles. The van der Waals surface area contributed by atoms with Gasteiger partial charge in [-0.3, -0.25) is 4.79 Å². The molecule has 0 saturated heterocycles. The van der Waals surface area contributed by atoms with Crippen LogP contribution in [0.5, 0.6) is 0 Å². The topological polar surface area (TPSA) is 75.3 Å². The van der Waals surface area contributed by atoms with Gasteiger partial charge in [-0.25, -0.2) is 13.1 Å². The van der Waals surface area contributed by atoms with E-state index in [1.54, 1.807) is 26.0 Å². The second kappa shape index (κ2) is 7.59. The molecule has 0 fully saturated rings.